The summed E-state index contributed by atoms with van der Waals surface area (Å²) in [4.78, 5) is 28.3. The van der Waals surface area contributed by atoms with E-state index in [1.54, 1.807) is 37.3 Å². The van der Waals surface area contributed by atoms with Gasteiger partial charge in [-0.25, -0.2) is 12.8 Å². The summed E-state index contributed by atoms with van der Waals surface area (Å²) in [5.41, 5.74) is 0.187. The average Bonchev–Trinajstić information content (AvgIpc) is 2.86. The molecular formula is C28H30BrClFN3O4S. The zero-order valence-corrected chi connectivity index (χ0v) is 25.1. The predicted molar refractivity (Wildman–Crippen MR) is 154 cm³/mol. The van der Waals surface area contributed by atoms with E-state index in [0.29, 0.717) is 0 Å². The van der Waals surface area contributed by atoms with Gasteiger partial charge < -0.3 is 10.2 Å². The molecule has 0 aliphatic heterocycles. The summed E-state index contributed by atoms with van der Waals surface area (Å²) < 4.78 is 43.0. The summed E-state index contributed by atoms with van der Waals surface area (Å²) >= 11 is 9.40. The minimum Gasteiger partial charge on any atom is -0.350 e. The van der Waals surface area contributed by atoms with Crippen molar-refractivity contribution in [3.8, 4) is 0 Å². The molecule has 0 saturated carbocycles. The van der Waals surface area contributed by atoms with Crippen molar-refractivity contribution in [2.45, 2.75) is 50.7 Å². The second-order valence-corrected chi connectivity index (χ2v) is 13.2. The first-order valence-electron chi connectivity index (χ1n) is 12.1. The number of hydrogen-bond acceptors (Lipinski definition) is 4. The van der Waals surface area contributed by atoms with Crippen molar-refractivity contribution in [2.75, 3.05) is 10.8 Å². The number of nitrogens with zero attached hydrogens (tertiary/aromatic N) is 2. The van der Waals surface area contributed by atoms with Gasteiger partial charge >= 0.3 is 0 Å². The first-order valence-corrected chi connectivity index (χ1v) is 14.7. The largest absolute Gasteiger partial charge is 0.350 e. The Kier molecular flexibility index (Phi) is 9.79. The average molecular weight is 639 g/mol. The lowest BCUT2D eigenvalue weighted by Gasteiger charge is -2.33. The maximum atomic E-state index is 14.0. The van der Waals surface area contributed by atoms with E-state index in [1.807, 2.05) is 32.9 Å². The van der Waals surface area contributed by atoms with Crippen LogP contribution in [0.2, 0.25) is 5.02 Å². The van der Waals surface area contributed by atoms with E-state index in [0.717, 1.165) is 26.5 Å². The maximum absolute atomic E-state index is 14.0. The number of carbonyl (C=O) groups excluding carboxylic acids is 2. The van der Waals surface area contributed by atoms with E-state index in [-0.39, 0.29) is 22.2 Å². The van der Waals surface area contributed by atoms with Crippen molar-refractivity contribution < 1.29 is 22.4 Å². The number of carbonyl (C=O) groups is 2. The molecule has 0 aliphatic carbocycles. The van der Waals surface area contributed by atoms with Gasteiger partial charge in [0, 0.05) is 16.6 Å². The molecule has 3 rings (SSSR count). The van der Waals surface area contributed by atoms with Crippen LogP contribution < -0.4 is 9.62 Å². The van der Waals surface area contributed by atoms with Crippen LogP contribution in [0.15, 0.2) is 82.2 Å². The van der Waals surface area contributed by atoms with Crippen molar-refractivity contribution >= 4 is 55.1 Å². The smallest absolute Gasteiger partial charge is 0.264 e. The van der Waals surface area contributed by atoms with E-state index in [2.05, 4.69) is 21.2 Å². The normalized spacial score (nSPS) is 12.5. The molecule has 1 atom stereocenters. The topological polar surface area (TPSA) is 86.8 Å². The van der Waals surface area contributed by atoms with Gasteiger partial charge in [-0.2, -0.15) is 0 Å². The molecule has 0 heterocycles. The fourth-order valence-corrected chi connectivity index (χ4v) is 5.83. The Morgan fingerprint density at radius 1 is 1.03 bits per heavy atom. The summed E-state index contributed by atoms with van der Waals surface area (Å²) in [5.74, 6) is -1.76. The van der Waals surface area contributed by atoms with Gasteiger partial charge in [0.25, 0.3) is 10.0 Å². The van der Waals surface area contributed by atoms with E-state index >= 15 is 0 Å². The number of benzene rings is 3. The van der Waals surface area contributed by atoms with Crippen molar-refractivity contribution in [3.05, 3.63) is 93.7 Å². The summed E-state index contributed by atoms with van der Waals surface area (Å²) in [5, 5.41) is 2.58. The molecule has 2 amide bonds. The van der Waals surface area contributed by atoms with E-state index in [9.17, 15) is 22.4 Å². The number of hydrogen-bond donors (Lipinski definition) is 1. The number of nitrogens with one attached hydrogen (secondary N) is 1. The highest BCUT2D eigenvalue weighted by Gasteiger charge is 2.33. The van der Waals surface area contributed by atoms with Gasteiger partial charge in [0.05, 0.1) is 15.6 Å². The molecule has 3 aromatic rings. The van der Waals surface area contributed by atoms with Crippen LogP contribution in [-0.2, 0) is 26.2 Å². The SMILES string of the molecule is CC(C(=O)NC(C)(C)C)N(Cc1cccc(Br)c1)C(=O)CN(c1ccc(F)c(Cl)c1)S(=O)(=O)c1ccccc1. The van der Waals surface area contributed by atoms with Crippen LogP contribution in [0.4, 0.5) is 10.1 Å². The van der Waals surface area contributed by atoms with E-state index < -0.39 is 45.8 Å². The highest BCUT2D eigenvalue weighted by atomic mass is 79.9. The molecule has 7 nitrogen and oxygen atoms in total. The lowest BCUT2D eigenvalue weighted by Crippen LogP contribution is -2.54. The minimum absolute atomic E-state index is 0.00723. The van der Waals surface area contributed by atoms with Crippen molar-refractivity contribution in [2.24, 2.45) is 0 Å². The Morgan fingerprint density at radius 3 is 2.28 bits per heavy atom. The molecule has 0 spiro atoms. The third-order valence-electron chi connectivity index (χ3n) is 5.71. The van der Waals surface area contributed by atoms with Crippen molar-refractivity contribution in [1.82, 2.24) is 10.2 Å². The quantitative estimate of drug-likeness (QED) is 0.323. The van der Waals surface area contributed by atoms with Crippen LogP contribution in [0.25, 0.3) is 0 Å². The van der Waals surface area contributed by atoms with E-state index in [1.165, 1.54) is 23.1 Å². The summed E-state index contributed by atoms with van der Waals surface area (Å²) in [7, 11) is -4.27. The van der Waals surface area contributed by atoms with Crippen molar-refractivity contribution in [1.29, 1.82) is 0 Å². The Labute approximate surface area is 242 Å². The van der Waals surface area contributed by atoms with Crippen LogP contribution in [0.3, 0.4) is 0 Å². The lowest BCUT2D eigenvalue weighted by atomic mass is 10.1. The van der Waals surface area contributed by atoms with Crippen LogP contribution in [-0.4, -0.2) is 43.3 Å². The van der Waals surface area contributed by atoms with Crippen LogP contribution in [0.5, 0.6) is 0 Å². The van der Waals surface area contributed by atoms with Gasteiger partial charge in [0.15, 0.2) is 0 Å². The Hall–Kier alpha value is -2.95. The first kappa shape index (κ1) is 30.6. The lowest BCUT2D eigenvalue weighted by molar-refractivity contribution is -0.140. The molecule has 0 bridgehead atoms. The molecule has 0 radical (unpaired) electrons. The van der Waals surface area contributed by atoms with Crippen LogP contribution in [0.1, 0.15) is 33.3 Å². The second kappa shape index (κ2) is 12.5. The van der Waals surface area contributed by atoms with Gasteiger partial charge in [-0.15, -0.1) is 0 Å². The third kappa shape index (κ3) is 8.03. The molecular weight excluding hydrogens is 609 g/mol. The summed E-state index contributed by atoms with van der Waals surface area (Å²) in [6.07, 6.45) is 0. The zero-order valence-electron chi connectivity index (χ0n) is 22.0. The van der Waals surface area contributed by atoms with E-state index in [4.69, 9.17) is 11.6 Å². The molecule has 0 saturated heterocycles. The fraction of sp³-hybridized carbons (Fsp3) is 0.286. The predicted octanol–water partition coefficient (Wildman–Crippen LogP) is 5.77. The Morgan fingerprint density at radius 2 is 1.69 bits per heavy atom. The minimum atomic E-state index is -4.27. The first-order chi connectivity index (χ1) is 18.2. The molecule has 1 N–H and O–H groups in total. The molecule has 11 heteroatoms. The molecule has 39 heavy (non-hydrogen) atoms. The van der Waals surface area contributed by atoms with Gasteiger partial charge in [-0.3, -0.25) is 13.9 Å². The maximum Gasteiger partial charge on any atom is 0.264 e. The van der Waals surface area contributed by atoms with Gasteiger partial charge in [-0.1, -0.05) is 57.9 Å². The van der Waals surface area contributed by atoms with Gasteiger partial charge in [-0.05, 0) is 75.7 Å². The monoisotopic (exact) mass is 637 g/mol. The molecule has 0 fully saturated rings. The number of anilines is 1. The summed E-state index contributed by atoms with van der Waals surface area (Å²) in [6.45, 7) is 6.45. The molecule has 0 aromatic heterocycles. The fourth-order valence-electron chi connectivity index (χ4n) is 3.78. The standard InChI is InChI=1S/C28H30BrClFN3O4S/c1-19(27(36)32-28(2,3)4)33(17-20-9-8-10-21(29)15-20)26(35)18-34(22-13-14-25(31)24(30)16-22)39(37,38)23-11-6-5-7-12-23/h5-16,19H,17-18H2,1-4H3,(H,32,36). The van der Waals surface area contributed by atoms with Gasteiger partial charge in [0.1, 0.15) is 18.4 Å². The molecule has 3 aromatic carbocycles. The zero-order chi connectivity index (χ0) is 29.0. The van der Waals surface area contributed by atoms with Gasteiger partial charge in [0.2, 0.25) is 11.8 Å². The number of halogens is 3. The molecule has 208 valence electrons. The van der Waals surface area contributed by atoms with Crippen LogP contribution >= 0.6 is 27.5 Å². The number of amides is 2. The van der Waals surface area contributed by atoms with Crippen LogP contribution in [0, 0.1) is 5.82 Å². The highest BCUT2D eigenvalue weighted by molar-refractivity contribution is 9.10. The Bertz CT molecular complexity index is 1450. The number of rotatable bonds is 9. The molecule has 0 aliphatic rings. The number of sulfonamides is 1. The Balaban J connectivity index is 2.05. The summed E-state index contributed by atoms with van der Waals surface area (Å²) in [6, 6.07) is 17.3. The second-order valence-electron chi connectivity index (χ2n) is 9.99. The van der Waals surface area contributed by atoms with Crippen molar-refractivity contribution in [3.63, 3.8) is 0 Å². The molecule has 1 unspecified atom stereocenters. The third-order valence-corrected chi connectivity index (χ3v) is 8.28. The highest BCUT2D eigenvalue weighted by Crippen LogP contribution is 2.28.